The van der Waals surface area contributed by atoms with E-state index < -0.39 is 10.0 Å². The van der Waals surface area contributed by atoms with Crippen LogP contribution in [0.5, 0.6) is 0 Å². The van der Waals surface area contributed by atoms with Crippen LogP contribution >= 0.6 is 15.9 Å². The molecule has 1 aromatic rings. The van der Waals surface area contributed by atoms with Crippen molar-refractivity contribution in [3.63, 3.8) is 0 Å². The Kier molecular flexibility index (Phi) is 4.47. The molecule has 2 rings (SSSR count). The van der Waals surface area contributed by atoms with Crippen LogP contribution in [0.2, 0.25) is 0 Å². The number of hydrogen-bond acceptors (Lipinski definition) is 3. The number of hydrogen-bond donors (Lipinski definition) is 1. The molecule has 0 heterocycles. The maximum atomic E-state index is 12.9. The Morgan fingerprint density at radius 2 is 2.00 bits per heavy atom. The predicted molar refractivity (Wildman–Crippen MR) is 85.0 cm³/mol. The molecule has 20 heavy (non-hydrogen) atoms. The van der Waals surface area contributed by atoms with Gasteiger partial charge in [0.15, 0.2) is 0 Å². The number of nitrogens with zero attached hydrogens (tertiary/aromatic N) is 1. The summed E-state index contributed by atoms with van der Waals surface area (Å²) >= 11 is 3.33. The summed E-state index contributed by atoms with van der Waals surface area (Å²) in [5, 5.41) is 0. The lowest BCUT2D eigenvalue weighted by molar-refractivity contribution is 0.360. The van der Waals surface area contributed by atoms with Gasteiger partial charge in [0.05, 0.1) is 4.90 Å². The number of anilines is 1. The van der Waals surface area contributed by atoms with Gasteiger partial charge in [0, 0.05) is 22.7 Å². The lowest BCUT2D eigenvalue weighted by Crippen LogP contribution is -2.36. The van der Waals surface area contributed by atoms with Crippen LogP contribution in [0.25, 0.3) is 0 Å². The highest BCUT2D eigenvalue weighted by Gasteiger charge is 2.38. The monoisotopic (exact) mass is 360 g/mol. The summed E-state index contributed by atoms with van der Waals surface area (Å²) in [7, 11) is -3.47. The number of sulfonamides is 1. The van der Waals surface area contributed by atoms with E-state index in [1.807, 2.05) is 13.8 Å². The van der Waals surface area contributed by atoms with E-state index in [0.717, 1.165) is 22.9 Å². The fraction of sp³-hybridized carbons (Fsp3) is 0.571. The quantitative estimate of drug-likeness (QED) is 0.820. The fourth-order valence-electron chi connectivity index (χ4n) is 2.24. The standard InChI is InChI=1S/C14H21BrN2O2S/c1-9(2)8-17(11-4-5-11)20(18,19)14-7-13(16)12(15)6-10(14)3/h6-7,9,11H,4-5,8,16H2,1-3H3. The van der Waals surface area contributed by atoms with Gasteiger partial charge in [0.25, 0.3) is 0 Å². The number of rotatable bonds is 5. The van der Waals surface area contributed by atoms with Crippen molar-refractivity contribution in [3.05, 3.63) is 22.2 Å². The van der Waals surface area contributed by atoms with Crippen molar-refractivity contribution >= 4 is 31.6 Å². The third kappa shape index (κ3) is 3.18. The minimum atomic E-state index is -3.47. The first kappa shape index (κ1) is 15.8. The first-order chi connectivity index (χ1) is 9.23. The van der Waals surface area contributed by atoms with Crippen molar-refractivity contribution in [2.75, 3.05) is 12.3 Å². The minimum Gasteiger partial charge on any atom is -0.398 e. The number of benzene rings is 1. The number of halogens is 1. The summed E-state index contributed by atoms with van der Waals surface area (Å²) in [5.41, 5.74) is 7.03. The zero-order valence-corrected chi connectivity index (χ0v) is 14.5. The maximum absolute atomic E-state index is 12.9. The molecule has 0 amide bonds. The molecule has 112 valence electrons. The maximum Gasteiger partial charge on any atom is 0.243 e. The van der Waals surface area contributed by atoms with Gasteiger partial charge in [-0.3, -0.25) is 0 Å². The van der Waals surface area contributed by atoms with Crippen LogP contribution in [0.3, 0.4) is 0 Å². The predicted octanol–water partition coefficient (Wildman–Crippen LogP) is 3.15. The van der Waals surface area contributed by atoms with Crippen LogP contribution < -0.4 is 5.73 Å². The van der Waals surface area contributed by atoms with Gasteiger partial charge in [-0.15, -0.1) is 0 Å². The fourth-order valence-corrected chi connectivity index (χ4v) is 4.79. The Balaban J connectivity index is 2.45. The SMILES string of the molecule is Cc1cc(Br)c(N)cc1S(=O)(=O)N(CC(C)C)C1CC1. The van der Waals surface area contributed by atoms with Crippen LogP contribution in [0.1, 0.15) is 32.3 Å². The van der Waals surface area contributed by atoms with Gasteiger partial charge in [-0.2, -0.15) is 4.31 Å². The zero-order valence-electron chi connectivity index (χ0n) is 12.1. The zero-order chi connectivity index (χ0) is 15.1. The molecule has 0 spiro atoms. The average molecular weight is 361 g/mol. The lowest BCUT2D eigenvalue weighted by Gasteiger charge is -2.25. The summed E-state index contributed by atoms with van der Waals surface area (Å²) < 4.78 is 28.2. The highest BCUT2D eigenvalue weighted by Crippen LogP contribution is 2.35. The van der Waals surface area contributed by atoms with E-state index in [4.69, 9.17) is 5.73 Å². The highest BCUT2D eigenvalue weighted by atomic mass is 79.9. The Morgan fingerprint density at radius 1 is 1.40 bits per heavy atom. The van der Waals surface area contributed by atoms with Gasteiger partial charge in [-0.05, 0) is 59.3 Å². The molecule has 0 aromatic heterocycles. The average Bonchev–Trinajstić information content (AvgIpc) is 3.14. The van der Waals surface area contributed by atoms with E-state index in [2.05, 4.69) is 15.9 Å². The van der Waals surface area contributed by atoms with Crippen LogP contribution in [-0.2, 0) is 10.0 Å². The molecule has 6 heteroatoms. The van der Waals surface area contributed by atoms with E-state index in [0.29, 0.717) is 23.0 Å². The molecule has 1 aliphatic carbocycles. The molecule has 0 bridgehead atoms. The van der Waals surface area contributed by atoms with Crippen LogP contribution in [0.4, 0.5) is 5.69 Å². The smallest absolute Gasteiger partial charge is 0.243 e. The first-order valence-electron chi connectivity index (χ1n) is 6.81. The van der Waals surface area contributed by atoms with Crippen molar-refractivity contribution < 1.29 is 8.42 Å². The van der Waals surface area contributed by atoms with E-state index in [1.165, 1.54) is 0 Å². The van der Waals surface area contributed by atoms with Crippen LogP contribution in [0, 0.1) is 12.8 Å². The number of aryl methyl sites for hydroxylation is 1. The molecular weight excluding hydrogens is 340 g/mol. The molecule has 4 nitrogen and oxygen atoms in total. The Hall–Kier alpha value is -0.590. The third-order valence-corrected chi connectivity index (χ3v) is 6.13. The van der Waals surface area contributed by atoms with Crippen LogP contribution in [0.15, 0.2) is 21.5 Å². The molecule has 1 aliphatic rings. The molecule has 1 saturated carbocycles. The third-order valence-electron chi connectivity index (χ3n) is 3.38. The van der Waals surface area contributed by atoms with Crippen molar-refractivity contribution in [3.8, 4) is 0 Å². The molecule has 0 radical (unpaired) electrons. The molecule has 0 saturated heterocycles. The summed E-state index contributed by atoms with van der Waals surface area (Å²) in [5.74, 6) is 0.304. The van der Waals surface area contributed by atoms with Crippen molar-refractivity contribution in [1.82, 2.24) is 4.31 Å². The summed E-state index contributed by atoms with van der Waals surface area (Å²) in [6.45, 7) is 6.43. The first-order valence-corrected chi connectivity index (χ1v) is 9.04. The number of nitrogen functional groups attached to an aromatic ring is 1. The second-order valence-corrected chi connectivity index (χ2v) is 8.55. The molecule has 0 unspecified atom stereocenters. The van der Waals surface area contributed by atoms with Crippen LogP contribution in [-0.4, -0.2) is 25.3 Å². The van der Waals surface area contributed by atoms with E-state index >= 15 is 0 Å². The largest absolute Gasteiger partial charge is 0.398 e. The number of nitrogens with two attached hydrogens (primary N) is 1. The molecule has 1 fully saturated rings. The normalized spacial score (nSPS) is 16.1. The Bertz CT molecular complexity index is 610. The molecule has 2 N–H and O–H groups in total. The van der Waals surface area contributed by atoms with Crippen molar-refractivity contribution in [1.29, 1.82) is 0 Å². The summed E-state index contributed by atoms with van der Waals surface area (Å²) in [6, 6.07) is 3.49. The second kappa shape index (κ2) is 5.66. The summed E-state index contributed by atoms with van der Waals surface area (Å²) in [6.07, 6.45) is 1.91. The van der Waals surface area contributed by atoms with Gasteiger partial charge < -0.3 is 5.73 Å². The molecule has 1 aromatic carbocycles. The van der Waals surface area contributed by atoms with Gasteiger partial charge >= 0.3 is 0 Å². The van der Waals surface area contributed by atoms with E-state index in [-0.39, 0.29) is 6.04 Å². The van der Waals surface area contributed by atoms with Gasteiger partial charge in [-0.25, -0.2) is 8.42 Å². The van der Waals surface area contributed by atoms with E-state index in [9.17, 15) is 8.42 Å². The topological polar surface area (TPSA) is 63.4 Å². The van der Waals surface area contributed by atoms with E-state index in [1.54, 1.807) is 23.4 Å². The van der Waals surface area contributed by atoms with Gasteiger partial charge in [0.2, 0.25) is 10.0 Å². The van der Waals surface area contributed by atoms with Crippen molar-refractivity contribution in [2.24, 2.45) is 5.92 Å². The Labute approximate surface area is 129 Å². The Morgan fingerprint density at radius 3 is 2.50 bits per heavy atom. The molecule has 0 atom stereocenters. The summed E-state index contributed by atoms with van der Waals surface area (Å²) in [4.78, 5) is 0.325. The highest BCUT2D eigenvalue weighted by molar-refractivity contribution is 9.10. The minimum absolute atomic E-state index is 0.159. The molecule has 0 aliphatic heterocycles. The second-order valence-electron chi connectivity index (χ2n) is 5.84. The van der Waals surface area contributed by atoms with Gasteiger partial charge in [0.1, 0.15) is 0 Å². The van der Waals surface area contributed by atoms with Gasteiger partial charge in [-0.1, -0.05) is 13.8 Å². The van der Waals surface area contributed by atoms with Crippen molar-refractivity contribution in [2.45, 2.75) is 44.6 Å². The molecular formula is C14H21BrN2O2S. The lowest BCUT2D eigenvalue weighted by atomic mass is 10.2.